The number of benzene rings is 1. The van der Waals surface area contributed by atoms with Gasteiger partial charge in [-0.15, -0.1) is 0 Å². The molecular weight excluding hydrogens is 268 g/mol. The van der Waals surface area contributed by atoms with E-state index in [9.17, 15) is 9.59 Å². The Hall–Kier alpha value is -1.88. The van der Waals surface area contributed by atoms with Crippen LogP contribution >= 0.6 is 0 Å². The number of hydrogen-bond acceptors (Lipinski definition) is 3. The summed E-state index contributed by atoms with van der Waals surface area (Å²) in [5.74, 6) is -0.356. The molecule has 1 aromatic carbocycles. The first-order valence-electron chi connectivity index (χ1n) is 7.19. The number of hydrogen-bond donors (Lipinski definition) is 2. The standard InChI is InChI=1S/C16H24N2O3/c1-11(2)9-14(16(20)21-3)18-15(19)13(17)10-12-7-5-4-6-8-12/h4-8,11,13-14H,9-10,17H2,1-3H3,(H,18,19)/p+1/t13-,14-/m0/s1. The van der Waals surface area contributed by atoms with Gasteiger partial charge in [-0.25, -0.2) is 4.79 Å². The third kappa shape index (κ3) is 5.95. The number of carbonyl (C=O) groups is 2. The summed E-state index contributed by atoms with van der Waals surface area (Å²) in [5.41, 5.74) is 4.93. The molecule has 5 heteroatoms. The van der Waals surface area contributed by atoms with Crippen molar-refractivity contribution in [3.8, 4) is 0 Å². The molecule has 2 atom stereocenters. The zero-order chi connectivity index (χ0) is 15.8. The molecule has 1 rings (SSSR count). The molecule has 0 bridgehead atoms. The van der Waals surface area contributed by atoms with E-state index in [4.69, 9.17) is 4.74 Å². The van der Waals surface area contributed by atoms with Crippen LogP contribution in [0.15, 0.2) is 30.3 Å². The zero-order valence-electron chi connectivity index (χ0n) is 13.0. The molecule has 0 aliphatic rings. The molecule has 0 aromatic heterocycles. The van der Waals surface area contributed by atoms with Gasteiger partial charge in [-0.1, -0.05) is 44.2 Å². The Morgan fingerprint density at radius 2 is 1.86 bits per heavy atom. The summed E-state index contributed by atoms with van der Waals surface area (Å²) >= 11 is 0. The fourth-order valence-corrected chi connectivity index (χ4v) is 2.11. The molecule has 5 nitrogen and oxygen atoms in total. The highest BCUT2D eigenvalue weighted by atomic mass is 16.5. The van der Waals surface area contributed by atoms with E-state index < -0.39 is 18.1 Å². The summed E-state index contributed by atoms with van der Waals surface area (Å²) < 4.78 is 4.74. The van der Waals surface area contributed by atoms with Crippen molar-refractivity contribution in [2.45, 2.75) is 38.8 Å². The van der Waals surface area contributed by atoms with Crippen LogP contribution < -0.4 is 11.1 Å². The van der Waals surface area contributed by atoms with Gasteiger partial charge in [0.1, 0.15) is 6.04 Å². The Labute approximate surface area is 125 Å². The summed E-state index contributed by atoms with van der Waals surface area (Å²) in [7, 11) is 1.33. The Balaban J connectivity index is 2.61. The Kier molecular flexibility index (Phi) is 6.88. The van der Waals surface area contributed by atoms with Gasteiger partial charge in [0.15, 0.2) is 6.04 Å². The number of amides is 1. The van der Waals surface area contributed by atoms with Crippen LogP contribution in [0.25, 0.3) is 0 Å². The summed E-state index contributed by atoms with van der Waals surface area (Å²) in [6, 6.07) is 8.65. The minimum atomic E-state index is -0.609. The Morgan fingerprint density at radius 1 is 1.24 bits per heavy atom. The van der Waals surface area contributed by atoms with Crippen molar-refractivity contribution < 1.29 is 20.1 Å². The topological polar surface area (TPSA) is 83.0 Å². The average Bonchev–Trinajstić information content (AvgIpc) is 2.46. The van der Waals surface area contributed by atoms with Gasteiger partial charge in [-0.3, -0.25) is 4.79 Å². The molecule has 0 aliphatic carbocycles. The molecule has 0 heterocycles. The van der Waals surface area contributed by atoms with Crippen molar-refractivity contribution in [3.63, 3.8) is 0 Å². The van der Waals surface area contributed by atoms with E-state index in [2.05, 4.69) is 11.1 Å². The van der Waals surface area contributed by atoms with E-state index in [1.807, 2.05) is 44.2 Å². The molecule has 0 saturated carbocycles. The van der Waals surface area contributed by atoms with Gasteiger partial charge in [0.05, 0.1) is 7.11 Å². The highest BCUT2D eigenvalue weighted by molar-refractivity contribution is 5.86. The molecule has 4 N–H and O–H groups in total. The van der Waals surface area contributed by atoms with E-state index in [1.54, 1.807) is 0 Å². The predicted molar refractivity (Wildman–Crippen MR) is 80.2 cm³/mol. The summed E-state index contributed by atoms with van der Waals surface area (Å²) in [6.07, 6.45) is 1.10. The fourth-order valence-electron chi connectivity index (χ4n) is 2.11. The van der Waals surface area contributed by atoms with Crippen molar-refractivity contribution in [3.05, 3.63) is 35.9 Å². The van der Waals surface area contributed by atoms with Crippen LogP contribution in [0.3, 0.4) is 0 Å². The van der Waals surface area contributed by atoms with Crippen molar-refractivity contribution >= 4 is 11.9 Å². The third-order valence-corrected chi connectivity index (χ3v) is 3.21. The van der Waals surface area contributed by atoms with Gasteiger partial charge in [0.2, 0.25) is 0 Å². The molecule has 1 aromatic rings. The largest absolute Gasteiger partial charge is 0.467 e. The Bertz CT molecular complexity index is 460. The van der Waals surface area contributed by atoms with Gasteiger partial charge >= 0.3 is 5.97 Å². The smallest absolute Gasteiger partial charge is 0.328 e. The Morgan fingerprint density at radius 3 is 2.38 bits per heavy atom. The zero-order valence-corrected chi connectivity index (χ0v) is 13.0. The van der Waals surface area contributed by atoms with Gasteiger partial charge in [-0.05, 0) is 17.9 Å². The first-order chi connectivity index (χ1) is 9.93. The maximum absolute atomic E-state index is 12.2. The van der Waals surface area contributed by atoms with E-state index in [0.717, 1.165) is 5.56 Å². The van der Waals surface area contributed by atoms with E-state index in [1.165, 1.54) is 7.11 Å². The first-order valence-corrected chi connectivity index (χ1v) is 7.19. The third-order valence-electron chi connectivity index (χ3n) is 3.21. The number of nitrogens with one attached hydrogen (secondary N) is 1. The molecular formula is C16H25N2O3+. The van der Waals surface area contributed by atoms with Crippen LogP contribution in [0, 0.1) is 5.92 Å². The van der Waals surface area contributed by atoms with E-state index in [0.29, 0.717) is 12.8 Å². The second kappa shape index (κ2) is 8.42. The van der Waals surface area contributed by atoms with Crippen LogP contribution in [-0.2, 0) is 20.7 Å². The van der Waals surface area contributed by atoms with Crippen LogP contribution in [0.5, 0.6) is 0 Å². The average molecular weight is 293 g/mol. The van der Waals surface area contributed by atoms with Gasteiger partial charge in [-0.2, -0.15) is 0 Å². The number of quaternary nitrogens is 1. The lowest BCUT2D eigenvalue weighted by Crippen LogP contribution is -2.69. The minimum Gasteiger partial charge on any atom is -0.467 e. The number of rotatable bonds is 7. The van der Waals surface area contributed by atoms with Crippen molar-refractivity contribution in [1.82, 2.24) is 5.32 Å². The van der Waals surface area contributed by atoms with Gasteiger partial charge in [0, 0.05) is 6.42 Å². The van der Waals surface area contributed by atoms with Crippen LogP contribution in [0.4, 0.5) is 0 Å². The molecule has 0 aliphatic heterocycles. The highest BCUT2D eigenvalue weighted by Crippen LogP contribution is 2.07. The van der Waals surface area contributed by atoms with E-state index >= 15 is 0 Å². The fraction of sp³-hybridized carbons (Fsp3) is 0.500. The summed E-state index contributed by atoms with van der Waals surface area (Å²) in [4.78, 5) is 23.9. The first kappa shape index (κ1) is 17.2. The van der Waals surface area contributed by atoms with Gasteiger partial charge < -0.3 is 15.8 Å². The number of carbonyl (C=O) groups excluding carboxylic acids is 2. The maximum atomic E-state index is 12.2. The number of ether oxygens (including phenoxy) is 1. The number of methoxy groups -OCH3 is 1. The monoisotopic (exact) mass is 293 g/mol. The molecule has 0 saturated heterocycles. The van der Waals surface area contributed by atoms with Crippen LogP contribution in [0.2, 0.25) is 0 Å². The van der Waals surface area contributed by atoms with Gasteiger partial charge in [0.25, 0.3) is 5.91 Å². The quantitative estimate of drug-likeness (QED) is 0.720. The molecule has 21 heavy (non-hydrogen) atoms. The molecule has 0 unspecified atom stereocenters. The minimum absolute atomic E-state index is 0.227. The van der Waals surface area contributed by atoms with Crippen molar-refractivity contribution in [2.24, 2.45) is 5.92 Å². The van der Waals surface area contributed by atoms with Crippen molar-refractivity contribution in [1.29, 1.82) is 0 Å². The second-order valence-electron chi connectivity index (χ2n) is 5.60. The number of esters is 1. The van der Waals surface area contributed by atoms with Crippen LogP contribution in [0.1, 0.15) is 25.8 Å². The second-order valence-corrected chi connectivity index (χ2v) is 5.60. The maximum Gasteiger partial charge on any atom is 0.328 e. The molecule has 1 amide bonds. The summed E-state index contributed by atoms with van der Waals surface area (Å²) in [5, 5.41) is 2.74. The van der Waals surface area contributed by atoms with Crippen LogP contribution in [-0.4, -0.2) is 31.1 Å². The SMILES string of the molecule is COC(=O)[C@H](CC(C)C)NC(=O)[C@@H]([NH3+])Cc1ccccc1. The lowest BCUT2D eigenvalue weighted by Gasteiger charge is -2.19. The summed E-state index contributed by atoms with van der Waals surface area (Å²) in [6.45, 7) is 3.99. The molecule has 0 spiro atoms. The molecule has 0 fully saturated rings. The normalized spacial score (nSPS) is 13.6. The lowest BCUT2D eigenvalue weighted by molar-refractivity contribution is -0.403. The van der Waals surface area contributed by atoms with E-state index in [-0.39, 0.29) is 11.8 Å². The highest BCUT2D eigenvalue weighted by Gasteiger charge is 2.26. The molecule has 0 radical (unpaired) electrons. The predicted octanol–water partition coefficient (Wildman–Crippen LogP) is 0.544. The lowest BCUT2D eigenvalue weighted by atomic mass is 10.0. The molecule has 116 valence electrons. The van der Waals surface area contributed by atoms with Crippen molar-refractivity contribution in [2.75, 3.05) is 7.11 Å².